The second-order valence-corrected chi connectivity index (χ2v) is 5.49. The SMILES string of the molecule is COc1cncc(C(NN)C2C3CCCCC32)c1. The summed E-state index contributed by atoms with van der Waals surface area (Å²) in [6.45, 7) is 0. The van der Waals surface area contributed by atoms with Crippen molar-refractivity contribution in [1.82, 2.24) is 10.4 Å². The molecule has 98 valence electrons. The molecule has 0 aromatic carbocycles. The van der Waals surface area contributed by atoms with Gasteiger partial charge in [-0.15, -0.1) is 0 Å². The molecule has 3 rings (SSSR count). The number of nitrogens with zero attached hydrogens (tertiary/aromatic N) is 1. The Labute approximate surface area is 108 Å². The molecule has 1 aromatic heterocycles. The predicted octanol–water partition coefficient (Wildman–Crippen LogP) is 2.03. The molecule has 1 heterocycles. The number of aromatic nitrogens is 1. The third-order valence-corrected chi connectivity index (χ3v) is 4.62. The maximum atomic E-state index is 5.77. The number of rotatable bonds is 4. The molecule has 4 nitrogen and oxygen atoms in total. The Morgan fingerprint density at radius 2 is 2.06 bits per heavy atom. The summed E-state index contributed by atoms with van der Waals surface area (Å²) in [6, 6.07) is 2.27. The fourth-order valence-corrected chi connectivity index (χ4v) is 3.69. The predicted molar refractivity (Wildman–Crippen MR) is 69.8 cm³/mol. The van der Waals surface area contributed by atoms with Gasteiger partial charge < -0.3 is 4.74 Å². The number of nitrogens with one attached hydrogen (secondary N) is 1. The number of nitrogens with two attached hydrogens (primary N) is 1. The molecule has 0 radical (unpaired) electrons. The second kappa shape index (κ2) is 4.86. The second-order valence-electron chi connectivity index (χ2n) is 5.49. The minimum atomic E-state index is 0.223. The lowest BCUT2D eigenvalue weighted by atomic mass is 10.0. The van der Waals surface area contributed by atoms with Gasteiger partial charge in [0.15, 0.2) is 0 Å². The highest BCUT2D eigenvalue weighted by molar-refractivity contribution is 5.28. The van der Waals surface area contributed by atoms with Gasteiger partial charge in [-0.2, -0.15) is 0 Å². The zero-order valence-corrected chi connectivity index (χ0v) is 10.8. The van der Waals surface area contributed by atoms with E-state index in [2.05, 4.69) is 10.4 Å². The molecular weight excluding hydrogens is 226 g/mol. The molecule has 2 aliphatic carbocycles. The van der Waals surface area contributed by atoms with Gasteiger partial charge in [0.05, 0.1) is 19.3 Å². The van der Waals surface area contributed by atoms with Crippen LogP contribution in [0.5, 0.6) is 5.75 Å². The van der Waals surface area contributed by atoms with Crippen LogP contribution in [-0.2, 0) is 0 Å². The van der Waals surface area contributed by atoms with E-state index in [9.17, 15) is 0 Å². The first-order valence-electron chi connectivity index (χ1n) is 6.80. The van der Waals surface area contributed by atoms with Crippen LogP contribution in [0.3, 0.4) is 0 Å². The van der Waals surface area contributed by atoms with Crippen molar-refractivity contribution >= 4 is 0 Å². The molecule has 1 aromatic rings. The van der Waals surface area contributed by atoms with E-state index in [0.29, 0.717) is 5.92 Å². The number of hydrogen-bond donors (Lipinski definition) is 2. The van der Waals surface area contributed by atoms with Crippen molar-refractivity contribution in [2.75, 3.05) is 7.11 Å². The normalized spacial score (nSPS) is 31.6. The summed E-state index contributed by atoms with van der Waals surface area (Å²) in [5.74, 6) is 8.99. The van der Waals surface area contributed by atoms with E-state index >= 15 is 0 Å². The number of ether oxygens (including phenoxy) is 1. The van der Waals surface area contributed by atoms with E-state index in [0.717, 1.165) is 23.1 Å². The Hall–Kier alpha value is -1.13. The summed E-state index contributed by atoms with van der Waals surface area (Å²) in [6.07, 6.45) is 9.13. The van der Waals surface area contributed by atoms with E-state index < -0.39 is 0 Å². The molecule has 3 atom stereocenters. The van der Waals surface area contributed by atoms with E-state index in [1.807, 2.05) is 12.3 Å². The Balaban J connectivity index is 1.79. The van der Waals surface area contributed by atoms with Crippen LogP contribution in [0.4, 0.5) is 0 Å². The molecule has 3 unspecified atom stereocenters. The van der Waals surface area contributed by atoms with Crippen LogP contribution in [0, 0.1) is 17.8 Å². The van der Waals surface area contributed by atoms with Crippen LogP contribution in [0.25, 0.3) is 0 Å². The molecule has 3 N–H and O–H groups in total. The minimum Gasteiger partial charge on any atom is -0.495 e. The Morgan fingerprint density at radius 3 is 2.67 bits per heavy atom. The first-order valence-corrected chi connectivity index (χ1v) is 6.80. The largest absolute Gasteiger partial charge is 0.495 e. The van der Waals surface area contributed by atoms with Crippen molar-refractivity contribution < 1.29 is 4.74 Å². The Morgan fingerprint density at radius 1 is 1.33 bits per heavy atom. The van der Waals surface area contributed by atoms with Gasteiger partial charge in [0.2, 0.25) is 0 Å². The van der Waals surface area contributed by atoms with Crippen molar-refractivity contribution in [2.45, 2.75) is 31.7 Å². The van der Waals surface area contributed by atoms with Crippen LogP contribution in [0.15, 0.2) is 18.5 Å². The first-order chi connectivity index (χ1) is 8.85. The van der Waals surface area contributed by atoms with Gasteiger partial charge in [0.1, 0.15) is 5.75 Å². The Bertz CT molecular complexity index is 411. The van der Waals surface area contributed by atoms with Gasteiger partial charge in [-0.3, -0.25) is 16.3 Å². The number of hydrogen-bond acceptors (Lipinski definition) is 4. The molecule has 2 saturated carbocycles. The van der Waals surface area contributed by atoms with Crippen LogP contribution in [-0.4, -0.2) is 12.1 Å². The molecule has 0 saturated heterocycles. The highest BCUT2D eigenvalue weighted by atomic mass is 16.5. The lowest BCUT2D eigenvalue weighted by Crippen LogP contribution is -2.30. The fourth-order valence-electron chi connectivity index (χ4n) is 3.69. The topological polar surface area (TPSA) is 60.2 Å². The van der Waals surface area contributed by atoms with Gasteiger partial charge in [0, 0.05) is 6.20 Å². The summed E-state index contributed by atoms with van der Waals surface area (Å²) < 4.78 is 5.24. The monoisotopic (exact) mass is 247 g/mol. The molecule has 0 amide bonds. The highest BCUT2D eigenvalue weighted by Crippen LogP contribution is 2.60. The molecule has 2 fully saturated rings. The average molecular weight is 247 g/mol. The minimum absolute atomic E-state index is 0.223. The van der Waals surface area contributed by atoms with Gasteiger partial charge >= 0.3 is 0 Å². The van der Waals surface area contributed by atoms with Gasteiger partial charge in [-0.1, -0.05) is 12.8 Å². The van der Waals surface area contributed by atoms with Crippen LogP contribution >= 0.6 is 0 Å². The lowest BCUT2D eigenvalue weighted by Gasteiger charge is -2.17. The maximum Gasteiger partial charge on any atom is 0.137 e. The summed E-state index contributed by atoms with van der Waals surface area (Å²) >= 11 is 0. The smallest absolute Gasteiger partial charge is 0.137 e. The summed E-state index contributed by atoms with van der Waals surface area (Å²) in [5, 5.41) is 0. The quantitative estimate of drug-likeness (QED) is 0.631. The number of fused-ring (bicyclic) bond motifs is 1. The highest BCUT2D eigenvalue weighted by Gasteiger charge is 2.54. The maximum absolute atomic E-state index is 5.77. The van der Waals surface area contributed by atoms with Gasteiger partial charge in [-0.05, 0) is 42.2 Å². The number of pyridine rings is 1. The van der Waals surface area contributed by atoms with Crippen molar-refractivity contribution in [1.29, 1.82) is 0 Å². The van der Waals surface area contributed by atoms with Crippen molar-refractivity contribution in [2.24, 2.45) is 23.6 Å². The fraction of sp³-hybridized carbons (Fsp3) is 0.643. The van der Waals surface area contributed by atoms with Crippen molar-refractivity contribution in [3.63, 3.8) is 0 Å². The number of methoxy groups -OCH3 is 1. The van der Waals surface area contributed by atoms with Crippen LogP contribution < -0.4 is 16.0 Å². The van der Waals surface area contributed by atoms with E-state index in [1.54, 1.807) is 13.3 Å². The zero-order valence-electron chi connectivity index (χ0n) is 10.8. The standard InChI is InChI=1S/C14H21N3O/c1-18-10-6-9(7-16-8-10)14(17-15)13-11-4-2-3-5-12(11)13/h6-8,11-14,17H,2-5,15H2,1H3. The summed E-state index contributed by atoms with van der Waals surface area (Å²) in [7, 11) is 1.67. The zero-order chi connectivity index (χ0) is 12.5. The van der Waals surface area contributed by atoms with E-state index in [4.69, 9.17) is 10.6 Å². The average Bonchev–Trinajstić information content (AvgIpc) is 3.15. The molecule has 0 spiro atoms. The summed E-state index contributed by atoms with van der Waals surface area (Å²) in [5.41, 5.74) is 4.14. The lowest BCUT2D eigenvalue weighted by molar-refractivity contribution is 0.407. The molecule has 18 heavy (non-hydrogen) atoms. The molecule has 0 bridgehead atoms. The van der Waals surface area contributed by atoms with Crippen molar-refractivity contribution in [3.05, 3.63) is 24.0 Å². The van der Waals surface area contributed by atoms with Gasteiger partial charge in [0.25, 0.3) is 0 Å². The summed E-state index contributed by atoms with van der Waals surface area (Å²) in [4.78, 5) is 4.23. The van der Waals surface area contributed by atoms with Gasteiger partial charge in [-0.25, -0.2) is 0 Å². The van der Waals surface area contributed by atoms with Crippen LogP contribution in [0.2, 0.25) is 0 Å². The first kappa shape index (κ1) is 11.9. The van der Waals surface area contributed by atoms with Crippen LogP contribution in [0.1, 0.15) is 37.3 Å². The van der Waals surface area contributed by atoms with E-state index in [1.165, 1.54) is 25.7 Å². The van der Waals surface area contributed by atoms with E-state index in [-0.39, 0.29) is 6.04 Å². The van der Waals surface area contributed by atoms with Crippen molar-refractivity contribution in [3.8, 4) is 5.75 Å². The molecule has 2 aliphatic rings. The third kappa shape index (κ3) is 1.99. The molecule has 4 heteroatoms. The third-order valence-electron chi connectivity index (χ3n) is 4.62. The number of hydrazine groups is 1. The Kier molecular flexibility index (Phi) is 3.22. The molecular formula is C14H21N3O. The molecule has 0 aliphatic heterocycles.